The Morgan fingerprint density at radius 2 is 1.47 bits per heavy atom. The first-order valence-corrected chi connectivity index (χ1v) is 12.7. The van der Waals surface area contributed by atoms with Crippen LogP contribution in [0.15, 0.2) is 42.5 Å². The van der Waals surface area contributed by atoms with E-state index in [2.05, 4.69) is 0 Å². The molecule has 0 spiro atoms. The number of carbonyl (C=O) groups is 4. The van der Waals surface area contributed by atoms with Crippen LogP contribution in [0.5, 0.6) is 17.2 Å². The molecule has 0 aliphatic heterocycles. The second kappa shape index (κ2) is 13.6. The zero-order chi connectivity index (χ0) is 27.7. The van der Waals surface area contributed by atoms with Crippen LogP contribution in [-0.4, -0.2) is 51.1 Å². The monoisotopic (exact) mass is 526 g/mol. The summed E-state index contributed by atoms with van der Waals surface area (Å²) in [6.07, 6.45) is 0.642. The van der Waals surface area contributed by atoms with E-state index in [4.69, 9.17) is 23.7 Å². The lowest BCUT2D eigenvalue weighted by Gasteiger charge is -2.35. The van der Waals surface area contributed by atoms with Crippen LogP contribution in [0.4, 0.5) is 0 Å². The Hall–Kier alpha value is -3.88. The van der Waals surface area contributed by atoms with Gasteiger partial charge in [0, 0.05) is 36.8 Å². The summed E-state index contributed by atoms with van der Waals surface area (Å²) in [5.74, 6) is -2.30. The van der Waals surface area contributed by atoms with Gasteiger partial charge in [-0.3, -0.25) is 14.4 Å². The molecule has 9 nitrogen and oxygen atoms in total. The van der Waals surface area contributed by atoms with Gasteiger partial charge in [0.05, 0.1) is 33.0 Å². The summed E-state index contributed by atoms with van der Waals surface area (Å²) in [4.78, 5) is 51.0. The number of rotatable bonds is 11. The summed E-state index contributed by atoms with van der Waals surface area (Å²) in [5.41, 5.74) is 0.820. The highest BCUT2D eigenvalue weighted by atomic mass is 16.6. The number of ketones is 1. The predicted octanol–water partition coefficient (Wildman–Crippen LogP) is 4.51. The Morgan fingerprint density at radius 1 is 0.842 bits per heavy atom. The summed E-state index contributed by atoms with van der Waals surface area (Å²) in [6.45, 7) is 3.90. The number of ether oxygens (including phenoxy) is 5. The molecule has 9 heteroatoms. The van der Waals surface area contributed by atoms with Gasteiger partial charge in [0.2, 0.25) is 0 Å². The van der Waals surface area contributed by atoms with E-state index in [9.17, 15) is 19.2 Å². The van der Waals surface area contributed by atoms with E-state index in [1.807, 2.05) is 0 Å². The summed E-state index contributed by atoms with van der Waals surface area (Å²) in [5, 5.41) is 0. The van der Waals surface area contributed by atoms with Crippen molar-refractivity contribution in [2.75, 3.05) is 27.4 Å². The van der Waals surface area contributed by atoms with Crippen molar-refractivity contribution >= 4 is 23.7 Å². The summed E-state index contributed by atoms with van der Waals surface area (Å²) >= 11 is 0. The topological polar surface area (TPSA) is 114 Å². The molecule has 0 bridgehead atoms. The molecule has 0 heterocycles. The maximum atomic E-state index is 13.6. The molecule has 3 atom stereocenters. The molecule has 2 aromatic carbocycles. The van der Waals surface area contributed by atoms with Crippen molar-refractivity contribution in [3.05, 3.63) is 53.6 Å². The molecule has 1 aliphatic rings. The fourth-order valence-corrected chi connectivity index (χ4v) is 4.94. The van der Waals surface area contributed by atoms with Gasteiger partial charge in [-0.05, 0) is 50.3 Å². The fourth-order valence-electron chi connectivity index (χ4n) is 4.94. The fraction of sp³-hybridized carbons (Fsp3) is 0.448. The molecule has 0 saturated heterocycles. The molecule has 0 amide bonds. The molecule has 0 aromatic heterocycles. The van der Waals surface area contributed by atoms with Gasteiger partial charge in [-0.15, -0.1) is 0 Å². The average molecular weight is 527 g/mol. The molecule has 38 heavy (non-hydrogen) atoms. The van der Waals surface area contributed by atoms with Gasteiger partial charge in [-0.1, -0.05) is 18.2 Å². The Kier molecular flexibility index (Phi) is 10.3. The third-order valence-electron chi connectivity index (χ3n) is 6.50. The van der Waals surface area contributed by atoms with Gasteiger partial charge < -0.3 is 23.7 Å². The van der Waals surface area contributed by atoms with Gasteiger partial charge >= 0.3 is 17.9 Å². The van der Waals surface area contributed by atoms with E-state index in [1.54, 1.807) is 56.3 Å². The molecular weight excluding hydrogens is 492 g/mol. The van der Waals surface area contributed by atoms with Crippen LogP contribution in [0.25, 0.3) is 0 Å². The number of carbonyl (C=O) groups excluding carboxylic acids is 4. The number of benzene rings is 2. The molecule has 2 aromatic rings. The molecule has 3 rings (SSSR count). The van der Waals surface area contributed by atoms with Crippen molar-refractivity contribution in [3.8, 4) is 17.2 Å². The Morgan fingerprint density at radius 3 is 2.08 bits per heavy atom. The molecule has 204 valence electrons. The van der Waals surface area contributed by atoms with Crippen molar-refractivity contribution < 1.29 is 42.9 Å². The summed E-state index contributed by atoms with van der Waals surface area (Å²) in [7, 11) is 2.90. The van der Waals surface area contributed by atoms with Gasteiger partial charge in [0.25, 0.3) is 0 Å². The Balaban J connectivity index is 1.99. The van der Waals surface area contributed by atoms with Crippen LogP contribution >= 0.6 is 0 Å². The smallest absolute Gasteiger partial charge is 0.343 e. The van der Waals surface area contributed by atoms with Gasteiger partial charge in [0.1, 0.15) is 11.5 Å². The lowest BCUT2D eigenvalue weighted by molar-refractivity contribution is -0.146. The standard InChI is InChI=1S/C29H34O9/c1-5-36-26(31)14-18-12-20(15-27(32)37-6-2)28(22(30)13-18)21-16-25(24(35-4)17-23(21)34-3)38-29(33)19-10-8-7-9-11-19/h7-11,16-18,20,28H,5-6,12-15H2,1-4H3. The average Bonchev–Trinajstić information content (AvgIpc) is 2.89. The zero-order valence-corrected chi connectivity index (χ0v) is 22.2. The maximum Gasteiger partial charge on any atom is 0.343 e. The first-order valence-electron chi connectivity index (χ1n) is 12.7. The molecule has 1 fully saturated rings. The van der Waals surface area contributed by atoms with Crippen molar-refractivity contribution in [1.29, 1.82) is 0 Å². The predicted molar refractivity (Wildman–Crippen MR) is 137 cm³/mol. The van der Waals surface area contributed by atoms with Crippen LogP contribution in [0.3, 0.4) is 0 Å². The largest absolute Gasteiger partial charge is 0.496 e. The lowest BCUT2D eigenvalue weighted by Crippen LogP contribution is -2.34. The Labute approximate surface area is 222 Å². The van der Waals surface area contributed by atoms with E-state index in [-0.39, 0.29) is 61.6 Å². The van der Waals surface area contributed by atoms with Crippen LogP contribution in [0.1, 0.15) is 61.4 Å². The molecule has 0 radical (unpaired) electrons. The molecule has 1 saturated carbocycles. The highest BCUT2D eigenvalue weighted by molar-refractivity contribution is 5.92. The number of hydrogen-bond acceptors (Lipinski definition) is 9. The quantitative estimate of drug-likeness (QED) is 0.308. The Bertz CT molecular complexity index is 1140. The van der Waals surface area contributed by atoms with E-state index < -0.39 is 23.8 Å². The van der Waals surface area contributed by atoms with Crippen LogP contribution < -0.4 is 14.2 Å². The van der Waals surface area contributed by atoms with E-state index in [0.29, 0.717) is 23.3 Å². The van der Waals surface area contributed by atoms with Crippen molar-refractivity contribution in [2.24, 2.45) is 11.8 Å². The van der Waals surface area contributed by atoms with Crippen molar-refractivity contribution in [3.63, 3.8) is 0 Å². The van der Waals surface area contributed by atoms with Crippen LogP contribution in [0.2, 0.25) is 0 Å². The highest BCUT2D eigenvalue weighted by Crippen LogP contribution is 2.47. The molecular formula is C29H34O9. The second-order valence-electron chi connectivity index (χ2n) is 9.03. The highest BCUT2D eigenvalue weighted by Gasteiger charge is 2.41. The minimum Gasteiger partial charge on any atom is -0.496 e. The van der Waals surface area contributed by atoms with Gasteiger partial charge in [-0.2, -0.15) is 0 Å². The van der Waals surface area contributed by atoms with Crippen molar-refractivity contribution in [1.82, 2.24) is 0 Å². The lowest BCUT2D eigenvalue weighted by atomic mass is 9.68. The molecule has 0 N–H and O–H groups in total. The minimum atomic E-state index is -0.743. The SMILES string of the molecule is CCOC(=O)CC1CC(=O)C(c2cc(OC(=O)c3ccccc3)c(OC)cc2OC)C(CC(=O)OCC)C1. The number of methoxy groups -OCH3 is 2. The third-order valence-corrected chi connectivity index (χ3v) is 6.50. The normalized spacial score (nSPS) is 18.8. The van der Waals surface area contributed by atoms with E-state index in [0.717, 1.165) is 0 Å². The van der Waals surface area contributed by atoms with Gasteiger partial charge in [-0.25, -0.2) is 4.79 Å². The summed E-state index contributed by atoms with van der Waals surface area (Å²) < 4.78 is 26.9. The zero-order valence-electron chi connectivity index (χ0n) is 22.2. The van der Waals surface area contributed by atoms with Crippen molar-refractivity contribution in [2.45, 2.75) is 45.4 Å². The molecule has 3 unspecified atom stereocenters. The number of esters is 3. The van der Waals surface area contributed by atoms with Gasteiger partial charge in [0.15, 0.2) is 11.5 Å². The maximum absolute atomic E-state index is 13.6. The minimum absolute atomic E-state index is 0.0160. The molecule has 1 aliphatic carbocycles. The van der Waals surface area contributed by atoms with Crippen LogP contribution in [0, 0.1) is 11.8 Å². The second-order valence-corrected chi connectivity index (χ2v) is 9.03. The number of hydrogen-bond donors (Lipinski definition) is 0. The van der Waals surface area contributed by atoms with E-state index in [1.165, 1.54) is 14.2 Å². The van der Waals surface area contributed by atoms with E-state index >= 15 is 0 Å². The summed E-state index contributed by atoms with van der Waals surface area (Å²) in [6, 6.07) is 11.6. The first kappa shape index (κ1) is 28.7. The van der Waals surface area contributed by atoms with Crippen LogP contribution in [-0.2, 0) is 23.9 Å². The first-order chi connectivity index (χ1) is 18.3. The number of Topliss-reactive ketones (excluding diaryl/α,β-unsaturated/α-hetero) is 1. The third kappa shape index (κ3) is 7.12.